The monoisotopic (exact) mass is 379 g/mol. The van der Waals surface area contributed by atoms with E-state index in [4.69, 9.17) is 11.6 Å². The lowest BCUT2D eigenvalue weighted by atomic mass is 10.0. The number of aromatic nitrogens is 1. The zero-order valence-electron chi connectivity index (χ0n) is 14.9. The molecule has 0 spiro atoms. The molecule has 0 radical (unpaired) electrons. The van der Waals surface area contributed by atoms with Crippen LogP contribution in [0.3, 0.4) is 0 Å². The molecule has 2 aromatic carbocycles. The van der Waals surface area contributed by atoms with Crippen molar-refractivity contribution in [2.45, 2.75) is 13.8 Å². The summed E-state index contributed by atoms with van der Waals surface area (Å²) < 4.78 is 0. The molecule has 3 aromatic rings. The second-order valence-corrected chi connectivity index (χ2v) is 6.50. The minimum Gasteiger partial charge on any atom is -0.292 e. The van der Waals surface area contributed by atoms with Gasteiger partial charge in [0.05, 0.1) is 0 Å². The fourth-order valence-electron chi connectivity index (χ4n) is 2.71. The van der Waals surface area contributed by atoms with Crippen molar-refractivity contribution in [1.29, 1.82) is 0 Å². The third-order valence-electron chi connectivity index (χ3n) is 4.10. The molecule has 0 atom stereocenters. The molecule has 1 aromatic heterocycles. The van der Waals surface area contributed by atoms with E-state index >= 15 is 0 Å². The van der Waals surface area contributed by atoms with Gasteiger partial charge in [-0.2, -0.15) is 0 Å². The van der Waals surface area contributed by atoms with Crippen LogP contribution >= 0.6 is 11.6 Å². The van der Waals surface area contributed by atoms with Crippen LogP contribution in [0.1, 0.15) is 21.6 Å². The van der Waals surface area contributed by atoms with Crippen molar-refractivity contribution < 1.29 is 9.59 Å². The molecule has 0 bridgehead atoms. The number of amides is 3. The Kier molecular flexibility index (Phi) is 5.52. The van der Waals surface area contributed by atoms with E-state index in [-0.39, 0.29) is 0 Å². The molecule has 0 aliphatic heterocycles. The van der Waals surface area contributed by atoms with E-state index in [0.29, 0.717) is 16.4 Å². The van der Waals surface area contributed by atoms with Crippen molar-refractivity contribution in [3.05, 3.63) is 82.5 Å². The first-order valence-electron chi connectivity index (χ1n) is 8.35. The van der Waals surface area contributed by atoms with Gasteiger partial charge < -0.3 is 0 Å². The summed E-state index contributed by atoms with van der Waals surface area (Å²) in [5.41, 5.74) is 3.92. The van der Waals surface area contributed by atoms with Gasteiger partial charge in [0.2, 0.25) is 0 Å². The molecule has 6 heteroatoms. The topological polar surface area (TPSA) is 71.1 Å². The maximum Gasteiger partial charge on any atom is 0.327 e. The number of carbonyl (C=O) groups is 2. The van der Waals surface area contributed by atoms with Gasteiger partial charge in [0.25, 0.3) is 5.91 Å². The number of aryl methyl sites for hydroxylation is 2. The molecular weight excluding hydrogens is 362 g/mol. The summed E-state index contributed by atoms with van der Waals surface area (Å²) in [5.74, 6) is -0.0968. The van der Waals surface area contributed by atoms with Crippen molar-refractivity contribution in [2.24, 2.45) is 0 Å². The molecule has 1 heterocycles. The van der Waals surface area contributed by atoms with Crippen molar-refractivity contribution >= 4 is 29.4 Å². The van der Waals surface area contributed by atoms with Crippen LogP contribution in [-0.4, -0.2) is 16.9 Å². The number of urea groups is 1. The van der Waals surface area contributed by atoms with Gasteiger partial charge in [0.15, 0.2) is 0 Å². The molecular formula is C21H18ClN3O2. The van der Waals surface area contributed by atoms with Crippen molar-refractivity contribution in [3.8, 4) is 11.1 Å². The van der Waals surface area contributed by atoms with E-state index in [1.807, 2.05) is 56.3 Å². The number of hydrogen-bond donors (Lipinski definition) is 2. The smallest absolute Gasteiger partial charge is 0.292 e. The van der Waals surface area contributed by atoms with Gasteiger partial charge in [-0.05, 0) is 55.3 Å². The van der Waals surface area contributed by atoms with Gasteiger partial charge in [-0.3, -0.25) is 15.4 Å². The Morgan fingerprint density at radius 2 is 1.63 bits per heavy atom. The lowest BCUT2D eigenvalue weighted by Crippen LogP contribution is -2.35. The first-order chi connectivity index (χ1) is 12.9. The van der Waals surface area contributed by atoms with Gasteiger partial charge in [0.1, 0.15) is 5.82 Å². The van der Waals surface area contributed by atoms with Gasteiger partial charge in [0, 0.05) is 21.8 Å². The summed E-state index contributed by atoms with van der Waals surface area (Å²) in [6.07, 6.45) is 0. The van der Waals surface area contributed by atoms with Crippen LogP contribution in [0.15, 0.2) is 60.7 Å². The Balaban J connectivity index is 1.69. The third kappa shape index (κ3) is 4.51. The average Bonchev–Trinajstić information content (AvgIpc) is 2.63. The Labute approximate surface area is 162 Å². The van der Waals surface area contributed by atoms with Crippen LogP contribution < -0.4 is 10.6 Å². The number of carbonyl (C=O) groups excluding carboxylic acids is 2. The predicted octanol–water partition coefficient (Wildman–Crippen LogP) is 4.98. The standard InChI is InChI=1S/C21H18ClN3O2/c1-13-5-3-4-6-17(13)20(26)25-21(27)24-19-12-11-18(14(2)23-19)15-7-9-16(22)10-8-15/h3-12H,1-2H3,(H2,23,24,25,26,27). The van der Waals surface area contributed by atoms with E-state index in [9.17, 15) is 9.59 Å². The first-order valence-corrected chi connectivity index (χ1v) is 8.73. The van der Waals surface area contributed by atoms with Crippen LogP contribution in [-0.2, 0) is 0 Å². The molecule has 2 N–H and O–H groups in total. The molecule has 0 aliphatic carbocycles. The summed E-state index contributed by atoms with van der Waals surface area (Å²) in [6.45, 7) is 3.67. The largest absolute Gasteiger partial charge is 0.327 e. The van der Waals surface area contributed by atoms with Gasteiger partial charge in [-0.1, -0.05) is 41.9 Å². The Morgan fingerprint density at radius 1 is 0.926 bits per heavy atom. The Bertz CT molecular complexity index is 1000. The first kappa shape index (κ1) is 18.6. The summed E-state index contributed by atoms with van der Waals surface area (Å²) in [6, 6.07) is 17.4. The number of nitrogens with zero attached hydrogens (tertiary/aromatic N) is 1. The molecule has 136 valence electrons. The molecule has 0 unspecified atom stereocenters. The number of rotatable bonds is 3. The molecule has 27 heavy (non-hydrogen) atoms. The lowest BCUT2D eigenvalue weighted by molar-refractivity contribution is 0.0966. The number of hydrogen-bond acceptors (Lipinski definition) is 3. The number of halogens is 1. The number of imide groups is 1. The highest BCUT2D eigenvalue weighted by molar-refractivity contribution is 6.30. The van der Waals surface area contributed by atoms with Crippen LogP contribution in [0.2, 0.25) is 5.02 Å². The quantitative estimate of drug-likeness (QED) is 0.674. The summed E-state index contributed by atoms with van der Waals surface area (Å²) in [5, 5.41) is 5.57. The summed E-state index contributed by atoms with van der Waals surface area (Å²) >= 11 is 5.92. The minimum absolute atomic E-state index is 0.361. The van der Waals surface area contributed by atoms with E-state index in [1.165, 1.54) is 0 Å². The third-order valence-corrected chi connectivity index (χ3v) is 4.35. The molecule has 3 rings (SSSR count). The van der Waals surface area contributed by atoms with Crippen LogP contribution in [0.5, 0.6) is 0 Å². The van der Waals surface area contributed by atoms with E-state index in [0.717, 1.165) is 22.4 Å². The SMILES string of the molecule is Cc1ccccc1C(=O)NC(=O)Nc1ccc(-c2ccc(Cl)cc2)c(C)n1. The molecule has 0 saturated heterocycles. The van der Waals surface area contributed by atoms with Crippen LogP contribution in [0.4, 0.5) is 10.6 Å². The normalized spacial score (nSPS) is 10.3. The van der Waals surface area contributed by atoms with Crippen molar-refractivity contribution in [3.63, 3.8) is 0 Å². The molecule has 0 fully saturated rings. The van der Waals surface area contributed by atoms with E-state index in [1.54, 1.807) is 18.2 Å². The van der Waals surface area contributed by atoms with Crippen LogP contribution in [0, 0.1) is 13.8 Å². The van der Waals surface area contributed by atoms with E-state index < -0.39 is 11.9 Å². The highest BCUT2D eigenvalue weighted by atomic mass is 35.5. The van der Waals surface area contributed by atoms with Gasteiger partial charge in [-0.25, -0.2) is 9.78 Å². The Morgan fingerprint density at radius 3 is 2.30 bits per heavy atom. The summed E-state index contributed by atoms with van der Waals surface area (Å²) in [4.78, 5) is 28.7. The molecule has 3 amide bonds. The van der Waals surface area contributed by atoms with Crippen molar-refractivity contribution in [1.82, 2.24) is 10.3 Å². The van der Waals surface area contributed by atoms with Crippen molar-refractivity contribution in [2.75, 3.05) is 5.32 Å². The zero-order valence-corrected chi connectivity index (χ0v) is 15.7. The number of pyridine rings is 1. The highest BCUT2D eigenvalue weighted by Crippen LogP contribution is 2.25. The zero-order chi connectivity index (χ0) is 19.4. The minimum atomic E-state index is -0.630. The van der Waals surface area contributed by atoms with Gasteiger partial charge in [-0.15, -0.1) is 0 Å². The van der Waals surface area contributed by atoms with Gasteiger partial charge >= 0.3 is 6.03 Å². The summed E-state index contributed by atoms with van der Waals surface area (Å²) in [7, 11) is 0. The number of anilines is 1. The second-order valence-electron chi connectivity index (χ2n) is 6.06. The molecule has 0 aliphatic rings. The second kappa shape index (κ2) is 8.01. The average molecular weight is 380 g/mol. The maximum atomic E-state index is 12.2. The Hall–Kier alpha value is -3.18. The number of nitrogens with one attached hydrogen (secondary N) is 2. The fraction of sp³-hybridized carbons (Fsp3) is 0.0952. The highest BCUT2D eigenvalue weighted by Gasteiger charge is 2.13. The van der Waals surface area contributed by atoms with Crippen LogP contribution in [0.25, 0.3) is 11.1 Å². The molecule has 0 saturated carbocycles. The number of benzene rings is 2. The van der Waals surface area contributed by atoms with E-state index in [2.05, 4.69) is 15.6 Å². The predicted molar refractivity (Wildman–Crippen MR) is 107 cm³/mol. The lowest BCUT2D eigenvalue weighted by Gasteiger charge is -2.10. The fourth-order valence-corrected chi connectivity index (χ4v) is 2.84. The molecule has 5 nitrogen and oxygen atoms in total. The maximum absolute atomic E-state index is 12.2.